The standard InChI is InChI=1S/C16H25NO3/c1-11(2)7-14(16(18)19)10-17-9-13-5-6-15(20-4)12(3)8-13/h5-6,8,11,14,17H,7,9-10H2,1-4H3,(H,18,19). The quantitative estimate of drug-likeness (QED) is 0.768. The number of methoxy groups -OCH3 is 1. The zero-order valence-electron chi connectivity index (χ0n) is 12.8. The molecule has 0 aliphatic rings. The molecule has 0 fully saturated rings. The Morgan fingerprint density at radius 3 is 2.60 bits per heavy atom. The van der Waals surface area contributed by atoms with Crippen LogP contribution in [0.15, 0.2) is 18.2 Å². The van der Waals surface area contributed by atoms with Gasteiger partial charge in [0.2, 0.25) is 0 Å². The number of rotatable bonds is 8. The number of aliphatic carboxylic acids is 1. The first kappa shape index (κ1) is 16.5. The maximum Gasteiger partial charge on any atom is 0.307 e. The third-order valence-corrected chi connectivity index (χ3v) is 3.28. The number of aryl methyl sites for hydroxylation is 1. The molecule has 1 aromatic rings. The Labute approximate surface area is 121 Å². The lowest BCUT2D eigenvalue weighted by molar-refractivity contribution is -0.142. The molecular weight excluding hydrogens is 254 g/mol. The Kier molecular flexibility index (Phi) is 6.52. The topological polar surface area (TPSA) is 58.6 Å². The third kappa shape index (κ3) is 5.21. The van der Waals surface area contributed by atoms with E-state index >= 15 is 0 Å². The monoisotopic (exact) mass is 279 g/mol. The molecule has 0 aromatic heterocycles. The highest BCUT2D eigenvalue weighted by molar-refractivity contribution is 5.70. The molecule has 0 heterocycles. The van der Waals surface area contributed by atoms with Crippen LogP contribution in [0.25, 0.3) is 0 Å². The molecule has 1 rings (SSSR count). The number of nitrogens with one attached hydrogen (secondary N) is 1. The Balaban J connectivity index is 2.50. The lowest BCUT2D eigenvalue weighted by Gasteiger charge is -2.15. The second-order valence-electron chi connectivity index (χ2n) is 5.60. The minimum Gasteiger partial charge on any atom is -0.496 e. The second-order valence-corrected chi connectivity index (χ2v) is 5.60. The Morgan fingerprint density at radius 1 is 1.40 bits per heavy atom. The van der Waals surface area contributed by atoms with Gasteiger partial charge < -0.3 is 15.2 Å². The number of hydrogen-bond acceptors (Lipinski definition) is 3. The minimum absolute atomic E-state index is 0.325. The summed E-state index contributed by atoms with van der Waals surface area (Å²) in [6, 6.07) is 6.00. The fourth-order valence-electron chi connectivity index (χ4n) is 2.28. The number of ether oxygens (including phenoxy) is 1. The summed E-state index contributed by atoms with van der Waals surface area (Å²) in [7, 11) is 1.66. The summed E-state index contributed by atoms with van der Waals surface area (Å²) >= 11 is 0. The van der Waals surface area contributed by atoms with E-state index in [1.807, 2.05) is 32.9 Å². The van der Waals surface area contributed by atoms with Crippen LogP contribution in [-0.2, 0) is 11.3 Å². The molecule has 0 saturated heterocycles. The molecule has 0 radical (unpaired) electrons. The number of hydrogen-bond donors (Lipinski definition) is 2. The van der Waals surface area contributed by atoms with Crippen molar-refractivity contribution in [2.75, 3.05) is 13.7 Å². The molecule has 0 bridgehead atoms. The van der Waals surface area contributed by atoms with E-state index in [0.717, 1.165) is 16.9 Å². The van der Waals surface area contributed by atoms with Crippen molar-refractivity contribution < 1.29 is 14.6 Å². The smallest absolute Gasteiger partial charge is 0.307 e. The van der Waals surface area contributed by atoms with Gasteiger partial charge >= 0.3 is 5.97 Å². The van der Waals surface area contributed by atoms with Gasteiger partial charge in [-0.2, -0.15) is 0 Å². The highest BCUT2D eigenvalue weighted by Crippen LogP contribution is 2.18. The van der Waals surface area contributed by atoms with Crippen LogP contribution in [0, 0.1) is 18.8 Å². The van der Waals surface area contributed by atoms with Gasteiger partial charge in [0, 0.05) is 13.1 Å². The largest absolute Gasteiger partial charge is 0.496 e. The van der Waals surface area contributed by atoms with Gasteiger partial charge in [0.15, 0.2) is 0 Å². The van der Waals surface area contributed by atoms with Crippen molar-refractivity contribution in [2.45, 2.75) is 33.7 Å². The second kappa shape index (κ2) is 7.90. The molecular formula is C16H25NO3. The van der Waals surface area contributed by atoms with Gasteiger partial charge in [-0.3, -0.25) is 4.79 Å². The Morgan fingerprint density at radius 2 is 2.10 bits per heavy atom. The van der Waals surface area contributed by atoms with Gasteiger partial charge in [-0.25, -0.2) is 0 Å². The summed E-state index contributed by atoms with van der Waals surface area (Å²) in [5.74, 6) is 0.213. The number of carbonyl (C=O) groups is 1. The zero-order valence-corrected chi connectivity index (χ0v) is 12.8. The summed E-state index contributed by atoms with van der Waals surface area (Å²) in [4.78, 5) is 11.2. The molecule has 4 nitrogen and oxygen atoms in total. The van der Waals surface area contributed by atoms with E-state index in [9.17, 15) is 9.90 Å². The number of carboxylic acids is 1. The average molecular weight is 279 g/mol. The molecule has 1 atom stereocenters. The van der Waals surface area contributed by atoms with Crippen molar-refractivity contribution in [2.24, 2.45) is 11.8 Å². The van der Waals surface area contributed by atoms with Gasteiger partial charge in [-0.15, -0.1) is 0 Å². The van der Waals surface area contributed by atoms with E-state index in [4.69, 9.17) is 4.74 Å². The summed E-state index contributed by atoms with van der Waals surface area (Å²) in [6.45, 7) is 7.26. The van der Waals surface area contributed by atoms with Crippen LogP contribution >= 0.6 is 0 Å². The third-order valence-electron chi connectivity index (χ3n) is 3.28. The van der Waals surface area contributed by atoms with Crippen LogP contribution in [0.3, 0.4) is 0 Å². The molecule has 1 aromatic carbocycles. The molecule has 0 aliphatic carbocycles. The SMILES string of the molecule is COc1ccc(CNCC(CC(C)C)C(=O)O)cc1C. The van der Waals surface area contributed by atoms with Crippen LogP contribution in [0.2, 0.25) is 0 Å². The fraction of sp³-hybridized carbons (Fsp3) is 0.562. The normalized spacial score (nSPS) is 12.4. The molecule has 20 heavy (non-hydrogen) atoms. The van der Waals surface area contributed by atoms with Gasteiger partial charge in [0.1, 0.15) is 5.75 Å². The number of benzene rings is 1. The highest BCUT2D eigenvalue weighted by Gasteiger charge is 2.18. The molecule has 0 saturated carbocycles. The first-order valence-corrected chi connectivity index (χ1v) is 7.01. The lowest BCUT2D eigenvalue weighted by Crippen LogP contribution is -2.29. The van der Waals surface area contributed by atoms with Crippen molar-refractivity contribution in [3.63, 3.8) is 0 Å². The van der Waals surface area contributed by atoms with Crippen LogP contribution < -0.4 is 10.1 Å². The molecule has 1 unspecified atom stereocenters. The number of carboxylic acid groups (broad SMARTS) is 1. The maximum absolute atomic E-state index is 11.2. The highest BCUT2D eigenvalue weighted by atomic mass is 16.5. The van der Waals surface area contributed by atoms with Crippen LogP contribution in [0.1, 0.15) is 31.4 Å². The van der Waals surface area contributed by atoms with Crippen molar-refractivity contribution in [1.82, 2.24) is 5.32 Å². The first-order chi connectivity index (χ1) is 9.43. The van der Waals surface area contributed by atoms with Crippen LogP contribution in [-0.4, -0.2) is 24.7 Å². The van der Waals surface area contributed by atoms with E-state index in [1.165, 1.54) is 0 Å². The van der Waals surface area contributed by atoms with E-state index in [2.05, 4.69) is 11.4 Å². The van der Waals surface area contributed by atoms with Crippen molar-refractivity contribution >= 4 is 5.97 Å². The molecule has 0 spiro atoms. The van der Waals surface area contributed by atoms with Crippen molar-refractivity contribution in [3.05, 3.63) is 29.3 Å². The van der Waals surface area contributed by atoms with Gasteiger partial charge in [-0.05, 0) is 36.5 Å². The molecule has 2 N–H and O–H groups in total. The molecule has 0 aliphatic heterocycles. The van der Waals surface area contributed by atoms with E-state index in [0.29, 0.717) is 25.4 Å². The van der Waals surface area contributed by atoms with E-state index in [-0.39, 0.29) is 5.92 Å². The first-order valence-electron chi connectivity index (χ1n) is 7.01. The molecule has 0 amide bonds. The Bertz CT molecular complexity index is 443. The van der Waals surface area contributed by atoms with Crippen LogP contribution in [0.4, 0.5) is 0 Å². The van der Waals surface area contributed by atoms with Crippen molar-refractivity contribution in [3.8, 4) is 5.75 Å². The zero-order chi connectivity index (χ0) is 15.1. The summed E-state index contributed by atoms with van der Waals surface area (Å²) in [6.07, 6.45) is 0.698. The lowest BCUT2D eigenvalue weighted by atomic mass is 9.97. The van der Waals surface area contributed by atoms with Crippen molar-refractivity contribution in [1.29, 1.82) is 0 Å². The predicted molar refractivity (Wildman–Crippen MR) is 80.0 cm³/mol. The van der Waals surface area contributed by atoms with Gasteiger partial charge in [0.25, 0.3) is 0 Å². The molecule has 112 valence electrons. The van der Waals surface area contributed by atoms with E-state index in [1.54, 1.807) is 7.11 Å². The minimum atomic E-state index is -0.725. The summed E-state index contributed by atoms with van der Waals surface area (Å²) in [5.41, 5.74) is 2.22. The Hall–Kier alpha value is -1.55. The summed E-state index contributed by atoms with van der Waals surface area (Å²) in [5, 5.41) is 12.4. The van der Waals surface area contributed by atoms with E-state index < -0.39 is 5.97 Å². The van der Waals surface area contributed by atoms with Gasteiger partial charge in [-0.1, -0.05) is 26.0 Å². The fourth-order valence-corrected chi connectivity index (χ4v) is 2.28. The van der Waals surface area contributed by atoms with Gasteiger partial charge in [0.05, 0.1) is 13.0 Å². The predicted octanol–water partition coefficient (Wildman–Crippen LogP) is 2.84. The van der Waals surface area contributed by atoms with Crippen LogP contribution in [0.5, 0.6) is 5.75 Å². The molecule has 4 heteroatoms. The average Bonchev–Trinajstić information content (AvgIpc) is 2.37. The maximum atomic E-state index is 11.2. The summed E-state index contributed by atoms with van der Waals surface area (Å²) < 4.78 is 5.22.